The van der Waals surface area contributed by atoms with Gasteiger partial charge >= 0.3 is 0 Å². The van der Waals surface area contributed by atoms with Gasteiger partial charge in [-0.2, -0.15) is 0 Å². The maximum absolute atomic E-state index is 4.71. The van der Waals surface area contributed by atoms with E-state index in [4.69, 9.17) is 4.98 Å². The Morgan fingerprint density at radius 2 is 1.94 bits per heavy atom. The Hall–Kier alpha value is -0.930. The van der Waals surface area contributed by atoms with Crippen LogP contribution in [0.25, 0.3) is 0 Å². The third kappa shape index (κ3) is 4.75. The average molecular weight is 249 g/mol. The second kappa shape index (κ2) is 8.22. The summed E-state index contributed by atoms with van der Waals surface area (Å²) in [6.45, 7) is 12.7. The van der Waals surface area contributed by atoms with Crippen LogP contribution in [-0.2, 0) is 13.1 Å². The predicted molar refractivity (Wildman–Crippen MR) is 77.5 cm³/mol. The summed E-state index contributed by atoms with van der Waals surface area (Å²) in [5.74, 6) is 0. The number of hydrogen-bond acceptors (Lipinski definition) is 3. The molecule has 1 atom stereocenters. The molecule has 102 valence electrons. The van der Waals surface area contributed by atoms with Crippen LogP contribution in [0, 0.1) is 0 Å². The van der Waals surface area contributed by atoms with Crippen LogP contribution in [0.2, 0.25) is 0 Å². The van der Waals surface area contributed by atoms with Gasteiger partial charge in [0, 0.05) is 19.1 Å². The zero-order valence-electron chi connectivity index (χ0n) is 12.2. The molecule has 3 nitrogen and oxygen atoms in total. The molecule has 0 saturated heterocycles. The number of nitrogens with one attached hydrogen (secondary N) is 1. The molecule has 18 heavy (non-hydrogen) atoms. The van der Waals surface area contributed by atoms with Crippen molar-refractivity contribution in [2.75, 3.05) is 13.1 Å². The molecule has 0 aliphatic rings. The standard InChI is InChI=1S/C15H27N3/c1-5-13(4)18(7-3)12-15-10-8-9-14(17-15)11-16-6-2/h8-10,13,16H,5-7,11-12H2,1-4H3. The van der Waals surface area contributed by atoms with E-state index in [2.05, 4.69) is 56.1 Å². The molecule has 0 bridgehead atoms. The van der Waals surface area contributed by atoms with Gasteiger partial charge in [0.2, 0.25) is 0 Å². The van der Waals surface area contributed by atoms with Gasteiger partial charge in [-0.3, -0.25) is 9.88 Å². The van der Waals surface area contributed by atoms with Crippen LogP contribution in [0.1, 0.15) is 45.5 Å². The van der Waals surface area contributed by atoms with Crippen LogP contribution in [0.5, 0.6) is 0 Å². The number of nitrogens with zero attached hydrogens (tertiary/aromatic N) is 2. The van der Waals surface area contributed by atoms with E-state index in [1.807, 2.05) is 0 Å². The van der Waals surface area contributed by atoms with Crippen molar-refractivity contribution in [3.63, 3.8) is 0 Å². The lowest BCUT2D eigenvalue weighted by Gasteiger charge is -2.26. The molecule has 1 heterocycles. The topological polar surface area (TPSA) is 28.2 Å². The summed E-state index contributed by atoms with van der Waals surface area (Å²) in [7, 11) is 0. The molecule has 0 radical (unpaired) electrons. The predicted octanol–water partition coefficient (Wildman–Crippen LogP) is 2.81. The lowest BCUT2D eigenvalue weighted by atomic mass is 10.2. The molecule has 1 unspecified atom stereocenters. The first-order valence-corrected chi connectivity index (χ1v) is 7.10. The van der Waals surface area contributed by atoms with Gasteiger partial charge in [0.15, 0.2) is 0 Å². The third-order valence-corrected chi connectivity index (χ3v) is 3.41. The van der Waals surface area contributed by atoms with Crippen LogP contribution < -0.4 is 5.32 Å². The van der Waals surface area contributed by atoms with Gasteiger partial charge in [-0.25, -0.2) is 0 Å². The molecule has 3 heteroatoms. The normalized spacial score (nSPS) is 12.9. The molecule has 0 aliphatic carbocycles. The number of hydrogen-bond donors (Lipinski definition) is 1. The molecule has 0 aromatic carbocycles. The Balaban J connectivity index is 2.65. The van der Waals surface area contributed by atoms with Crippen molar-refractivity contribution in [2.24, 2.45) is 0 Å². The summed E-state index contributed by atoms with van der Waals surface area (Å²) in [5, 5.41) is 3.32. The third-order valence-electron chi connectivity index (χ3n) is 3.41. The minimum atomic E-state index is 0.620. The van der Waals surface area contributed by atoms with Crippen molar-refractivity contribution >= 4 is 0 Å². The lowest BCUT2D eigenvalue weighted by molar-refractivity contribution is 0.203. The van der Waals surface area contributed by atoms with Gasteiger partial charge in [0.1, 0.15) is 0 Å². The van der Waals surface area contributed by atoms with E-state index >= 15 is 0 Å². The van der Waals surface area contributed by atoms with E-state index in [1.54, 1.807) is 0 Å². The molecule has 0 fully saturated rings. The van der Waals surface area contributed by atoms with E-state index in [1.165, 1.54) is 12.1 Å². The van der Waals surface area contributed by atoms with Crippen LogP contribution in [0.15, 0.2) is 18.2 Å². The summed E-state index contributed by atoms with van der Waals surface area (Å²) < 4.78 is 0. The highest BCUT2D eigenvalue weighted by Crippen LogP contribution is 2.09. The maximum atomic E-state index is 4.71. The van der Waals surface area contributed by atoms with Gasteiger partial charge in [-0.15, -0.1) is 0 Å². The Morgan fingerprint density at radius 3 is 2.56 bits per heavy atom. The van der Waals surface area contributed by atoms with Crippen molar-refractivity contribution in [2.45, 2.75) is 53.2 Å². The first-order chi connectivity index (χ1) is 8.71. The van der Waals surface area contributed by atoms with E-state index in [9.17, 15) is 0 Å². The number of pyridine rings is 1. The number of aromatic nitrogens is 1. The molecule has 0 saturated carbocycles. The molecule has 0 aliphatic heterocycles. The van der Waals surface area contributed by atoms with Crippen molar-refractivity contribution in [3.8, 4) is 0 Å². The fourth-order valence-corrected chi connectivity index (χ4v) is 2.01. The minimum Gasteiger partial charge on any atom is -0.311 e. The monoisotopic (exact) mass is 249 g/mol. The minimum absolute atomic E-state index is 0.620. The summed E-state index contributed by atoms with van der Waals surface area (Å²) in [6, 6.07) is 6.94. The van der Waals surface area contributed by atoms with Crippen molar-refractivity contribution < 1.29 is 0 Å². The zero-order chi connectivity index (χ0) is 13.4. The van der Waals surface area contributed by atoms with Crippen molar-refractivity contribution in [3.05, 3.63) is 29.6 Å². The average Bonchev–Trinajstić information content (AvgIpc) is 2.42. The van der Waals surface area contributed by atoms with E-state index in [0.29, 0.717) is 6.04 Å². The lowest BCUT2D eigenvalue weighted by Crippen LogP contribution is -2.32. The summed E-state index contributed by atoms with van der Waals surface area (Å²) in [4.78, 5) is 7.18. The molecule has 1 rings (SSSR count). The molecule has 1 aromatic rings. The zero-order valence-corrected chi connectivity index (χ0v) is 12.2. The van der Waals surface area contributed by atoms with Crippen LogP contribution >= 0.6 is 0 Å². The van der Waals surface area contributed by atoms with Gasteiger partial charge in [-0.1, -0.05) is 26.8 Å². The molecule has 0 amide bonds. The second-order valence-corrected chi connectivity index (χ2v) is 4.72. The van der Waals surface area contributed by atoms with Crippen LogP contribution in [0.4, 0.5) is 0 Å². The quantitative estimate of drug-likeness (QED) is 0.768. The highest BCUT2D eigenvalue weighted by atomic mass is 15.1. The Labute approximate surface area is 112 Å². The van der Waals surface area contributed by atoms with E-state index in [0.717, 1.165) is 31.9 Å². The molecular weight excluding hydrogens is 222 g/mol. The first kappa shape index (κ1) is 15.1. The highest BCUT2D eigenvalue weighted by Gasteiger charge is 2.11. The van der Waals surface area contributed by atoms with Crippen molar-refractivity contribution in [1.82, 2.24) is 15.2 Å². The fraction of sp³-hybridized carbons (Fsp3) is 0.667. The van der Waals surface area contributed by atoms with E-state index in [-0.39, 0.29) is 0 Å². The Morgan fingerprint density at radius 1 is 1.22 bits per heavy atom. The molecule has 0 spiro atoms. The number of rotatable bonds is 8. The van der Waals surface area contributed by atoms with Crippen molar-refractivity contribution in [1.29, 1.82) is 0 Å². The van der Waals surface area contributed by atoms with Gasteiger partial charge in [0.05, 0.1) is 11.4 Å². The second-order valence-electron chi connectivity index (χ2n) is 4.72. The SMILES string of the molecule is CCNCc1cccc(CN(CC)C(C)CC)n1. The molecule has 1 aromatic heterocycles. The van der Waals surface area contributed by atoms with Gasteiger partial charge in [0.25, 0.3) is 0 Å². The Kier molecular flexibility index (Phi) is 6.91. The van der Waals surface area contributed by atoms with Gasteiger partial charge in [-0.05, 0) is 38.6 Å². The molecule has 1 N–H and O–H groups in total. The van der Waals surface area contributed by atoms with Crippen LogP contribution in [0.3, 0.4) is 0 Å². The van der Waals surface area contributed by atoms with E-state index < -0.39 is 0 Å². The Bertz CT molecular complexity index is 338. The highest BCUT2D eigenvalue weighted by molar-refractivity contribution is 5.11. The summed E-state index contributed by atoms with van der Waals surface area (Å²) in [5.41, 5.74) is 2.31. The maximum Gasteiger partial charge on any atom is 0.0547 e. The first-order valence-electron chi connectivity index (χ1n) is 7.10. The van der Waals surface area contributed by atoms with Gasteiger partial charge < -0.3 is 5.32 Å². The summed E-state index contributed by atoms with van der Waals surface area (Å²) >= 11 is 0. The summed E-state index contributed by atoms with van der Waals surface area (Å²) in [6.07, 6.45) is 1.19. The molecular formula is C15H27N3. The van der Waals surface area contributed by atoms with Crippen LogP contribution in [-0.4, -0.2) is 29.0 Å². The fourth-order valence-electron chi connectivity index (χ4n) is 2.01. The largest absolute Gasteiger partial charge is 0.311 e. The smallest absolute Gasteiger partial charge is 0.0547 e.